The van der Waals surface area contributed by atoms with Crippen molar-refractivity contribution in [3.63, 3.8) is 0 Å². The van der Waals surface area contributed by atoms with Crippen LogP contribution in [-0.2, 0) is 23.7 Å². The molecule has 26 heavy (non-hydrogen) atoms. The molecule has 2 heterocycles. The fourth-order valence-electron chi connectivity index (χ4n) is 2.96. The van der Waals surface area contributed by atoms with E-state index in [-0.39, 0.29) is 10.7 Å². The van der Waals surface area contributed by atoms with Crippen molar-refractivity contribution in [1.82, 2.24) is 18.3 Å². The Hall–Kier alpha value is -1.81. The normalized spacial score (nSPS) is 16.7. The summed E-state index contributed by atoms with van der Waals surface area (Å²) in [4.78, 5) is 13.7. The van der Waals surface area contributed by atoms with Gasteiger partial charge in [0.05, 0.1) is 11.6 Å². The molecule has 1 aliphatic rings. The lowest BCUT2D eigenvalue weighted by Crippen LogP contribution is -2.48. The minimum Gasteiger partial charge on any atom is -0.327 e. The van der Waals surface area contributed by atoms with Crippen molar-refractivity contribution in [1.29, 1.82) is 0 Å². The lowest BCUT2D eigenvalue weighted by atomic mass is 10.2. The van der Waals surface area contributed by atoms with Crippen LogP contribution in [0.25, 0.3) is 0 Å². The maximum atomic E-state index is 12.8. The van der Waals surface area contributed by atoms with E-state index >= 15 is 0 Å². The molecule has 0 saturated carbocycles. The zero-order valence-electron chi connectivity index (χ0n) is 14.8. The standard InChI is InChI=1S/C17H22N4O3S2/c1-14(22)15-3-5-16(6-4-15)26(23,24)21-11-8-19(9-12-21)13-20-10-7-18(2)17(20)25/h3-7,10H,8-9,11-13H2,1-2H3. The van der Waals surface area contributed by atoms with Crippen LogP contribution in [0.3, 0.4) is 0 Å². The fraction of sp³-hybridized carbons (Fsp3) is 0.412. The highest BCUT2D eigenvalue weighted by atomic mass is 32.2. The number of carbonyl (C=O) groups is 1. The average Bonchev–Trinajstić information content (AvgIpc) is 2.94. The highest BCUT2D eigenvalue weighted by molar-refractivity contribution is 7.89. The Balaban J connectivity index is 1.65. The van der Waals surface area contributed by atoms with E-state index in [0.29, 0.717) is 38.4 Å². The quantitative estimate of drug-likeness (QED) is 0.571. The van der Waals surface area contributed by atoms with Gasteiger partial charge in [-0.25, -0.2) is 8.42 Å². The van der Waals surface area contributed by atoms with Gasteiger partial charge in [0.2, 0.25) is 10.0 Å². The molecule has 0 N–H and O–H groups in total. The third-order valence-electron chi connectivity index (χ3n) is 4.60. The van der Waals surface area contributed by atoms with Crippen LogP contribution in [0.5, 0.6) is 0 Å². The zero-order chi connectivity index (χ0) is 18.9. The number of Topliss-reactive ketones (excluding diaryl/α,β-unsaturated/α-hetero) is 1. The topological polar surface area (TPSA) is 67.6 Å². The molecule has 1 fully saturated rings. The van der Waals surface area contributed by atoms with Gasteiger partial charge in [-0.05, 0) is 31.3 Å². The maximum Gasteiger partial charge on any atom is 0.243 e. The molecular weight excluding hydrogens is 372 g/mol. The molecule has 1 aliphatic heterocycles. The molecule has 3 rings (SSSR count). The van der Waals surface area contributed by atoms with Crippen molar-refractivity contribution in [3.05, 3.63) is 47.0 Å². The minimum absolute atomic E-state index is 0.0814. The van der Waals surface area contributed by atoms with Crippen molar-refractivity contribution in [2.75, 3.05) is 26.2 Å². The molecule has 0 aliphatic carbocycles. The molecular formula is C17H22N4O3S2. The van der Waals surface area contributed by atoms with Crippen molar-refractivity contribution in [2.45, 2.75) is 18.5 Å². The van der Waals surface area contributed by atoms with Gasteiger partial charge in [-0.3, -0.25) is 9.69 Å². The van der Waals surface area contributed by atoms with E-state index < -0.39 is 10.0 Å². The van der Waals surface area contributed by atoms with E-state index in [1.54, 1.807) is 12.1 Å². The number of carbonyl (C=O) groups excluding carboxylic acids is 1. The number of sulfonamides is 1. The Labute approximate surface area is 158 Å². The predicted molar refractivity (Wildman–Crippen MR) is 101 cm³/mol. The van der Waals surface area contributed by atoms with Gasteiger partial charge in [-0.1, -0.05) is 12.1 Å². The van der Waals surface area contributed by atoms with Gasteiger partial charge in [0.1, 0.15) is 0 Å². The van der Waals surface area contributed by atoms with E-state index in [1.165, 1.54) is 23.4 Å². The van der Waals surface area contributed by atoms with Gasteiger partial charge in [0.25, 0.3) is 0 Å². The molecule has 1 aromatic heterocycles. The van der Waals surface area contributed by atoms with Gasteiger partial charge < -0.3 is 9.13 Å². The highest BCUT2D eigenvalue weighted by Gasteiger charge is 2.28. The third kappa shape index (κ3) is 3.80. The summed E-state index contributed by atoms with van der Waals surface area (Å²) in [7, 11) is -1.64. The van der Waals surface area contributed by atoms with E-state index in [9.17, 15) is 13.2 Å². The second-order valence-electron chi connectivity index (χ2n) is 6.41. The molecule has 0 unspecified atom stereocenters. The second kappa shape index (κ2) is 7.43. The minimum atomic E-state index is -3.54. The van der Waals surface area contributed by atoms with Crippen molar-refractivity contribution in [2.24, 2.45) is 7.05 Å². The molecule has 0 radical (unpaired) electrons. The molecule has 0 atom stereocenters. The summed E-state index contributed by atoms with van der Waals surface area (Å²) in [6.07, 6.45) is 3.84. The third-order valence-corrected chi connectivity index (χ3v) is 7.04. The van der Waals surface area contributed by atoms with Crippen LogP contribution >= 0.6 is 12.2 Å². The maximum absolute atomic E-state index is 12.8. The van der Waals surface area contributed by atoms with Crippen LogP contribution in [0.2, 0.25) is 0 Å². The van der Waals surface area contributed by atoms with Crippen LogP contribution in [-0.4, -0.2) is 58.7 Å². The molecule has 0 spiro atoms. The summed E-state index contributed by atoms with van der Waals surface area (Å²) in [6, 6.07) is 6.12. The van der Waals surface area contributed by atoms with Gasteiger partial charge in [0, 0.05) is 51.2 Å². The first kappa shape index (κ1) is 19.0. The van der Waals surface area contributed by atoms with E-state index in [2.05, 4.69) is 4.90 Å². The Kier molecular flexibility index (Phi) is 5.42. The second-order valence-corrected chi connectivity index (χ2v) is 8.71. The number of hydrogen-bond donors (Lipinski definition) is 0. The summed E-state index contributed by atoms with van der Waals surface area (Å²) in [6.45, 7) is 4.25. The first-order chi connectivity index (χ1) is 12.3. The number of benzene rings is 1. The summed E-state index contributed by atoms with van der Waals surface area (Å²) in [5.41, 5.74) is 0.508. The van der Waals surface area contributed by atoms with Crippen LogP contribution in [0.15, 0.2) is 41.6 Å². The smallest absolute Gasteiger partial charge is 0.243 e. The Bertz CT molecular complexity index is 953. The number of nitrogens with zero attached hydrogens (tertiary/aromatic N) is 4. The van der Waals surface area contributed by atoms with Gasteiger partial charge in [-0.15, -0.1) is 0 Å². The number of ketones is 1. The number of imidazole rings is 1. The van der Waals surface area contributed by atoms with E-state index in [0.717, 1.165) is 4.77 Å². The van der Waals surface area contributed by atoms with E-state index in [4.69, 9.17) is 12.2 Å². The van der Waals surface area contributed by atoms with E-state index in [1.807, 2.05) is 28.6 Å². The Morgan fingerprint density at radius 3 is 2.19 bits per heavy atom. The van der Waals surface area contributed by atoms with Gasteiger partial charge in [0.15, 0.2) is 10.6 Å². The van der Waals surface area contributed by atoms with Crippen molar-refractivity contribution in [3.8, 4) is 0 Å². The van der Waals surface area contributed by atoms with Gasteiger partial charge in [-0.2, -0.15) is 4.31 Å². The first-order valence-electron chi connectivity index (χ1n) is 8.34. The molecule has 140 valence electrons. The largest absolute Gasteiger partial charge is 0.327 e. The number of aryl methyl sites for hydroxylation is 1. The molecule has 9 heteroatoms. The van der Waals surface area contributed by atoms with Crippen molar-refractivity contribution >= 4 is 28.0 Å². The summed E-state index contributed by atoms with van der Waals surface area (Å²) < 4.78 is 31.7. The van der Waals surface area contributed by atoms with Crippen LogP contribution in [0.1, 0.15) is 17.3 Å². The lowest BCUT2D eigenvalue weighted by molar-refractivity contribution is 0.101. The monoisotopic (exact) mass is 394 g/mol. The summed E-state index contributed by atoms with van der Waals surface area (Å²) >= 11 is 5.34. The zero-order valence-corrected chi connectivity index (χ0v) is 16.5. The number of piperazine rings is 1. The predicted octanol–water partition coefficient (Wildman–Crippen LogP) is 1.72. The highest BCUT2D eigenvalue weighted by Crippen LogP contribution is 2.19. The van der Waals surface area contributed by atoms with Crippen LogP contribution in [0, 0.1) is 4.77 Å². The fourth-order valence-corrected chi connectivity index (χ4v) is 4.56. The number of aromatic nitrogens is 2. The SMILES string of the molecule is CC(=O)c1ccc(S(=O)(=O)N2CCN(Cn3ccn(C)c3=S)CC2)cc1. The van der Waals surface area contributed by atoms with Gasteiger partial charge >= 0.3 is 0 Å². The van der Waals surface area contributed by atoms with Crippen LogP contribution in [0.4, 0.5) is 0 Å². The Morgan fingerprint density at radius 2 is 1.69 bits per heavy atom. The molecule has 7 nitrogen and oxygen atoms in total. The molecule has 1 saturated heterocycles. The number of hydrogen-bond acceptors (Lipinski definition) is 5. The first-order valence-corrected chi connectivity index (χ1v) is 10.2. The van der Waals surface area contributed by atoms with Crippen molar-refractivity contribution < 1.29 is 13.2 Å². The molecule has 2 aromatic rings. The number of rotatable bonds is 5. The average molecular weight is 395 g/mol. The Morgan fingerprint density at radius 1 is 1.08 bits per heavy atom. The molecule has 1 aromatic carbocycles. The molecule has 0 bridgehead atoms. The molecule has 0 amide bonds. The summed E-state index contributed by atoms with van der Waals surface area (Å²) in [5, 5.41) is 0. The lowest BCUT2D eigenvalue weighted by Gasteiger charge is -2.34. The van der Waals surface area contributed by atoms with Crippen LogP contribution < -0.4 is 0 Å². The summed E-state index contributed by atoms with van der Waals surface area (Å²) in [5.74, 6) is -0.0814.